The van der Waals surface area contributed by atoms with Crippen molar-refractivity contribution in [2.75, 3.05) is 0 Å². The van der Waals surface area contributed by atoms with Gasteiger partial charge in [-0.25, -0.2) is 0 Å². The molecule has 0 spiro atoms. The molecule has 2 N–H and O–H groups in total. The van der Waals surface area contributed by atoms with E-state index in [0.29, 0.717) is 31.7 Å². The average molecular weight is 408 g/mol. The van der Waals surface area contributed by atoms with Gasteiger partial charge in [-0.15, -0.1) is 0 Å². The average Bonchev–Trinajstić information content (AvgIpc) is 3.50. The third-order valence-electron chi connectivity index (χ3n) is 5.67. The van der Waals surface area contributed by atoms with Gasteiger partial charge in [0.05, 0.1) is 6.10 Å². The molecular weight excluding hydrogens is 374 g/mol. The molecule has 2 aliphatic carbocycles. The van der Waals surface area contributed by atoms with E-state index in [-0.39, 0.29) is 17.6 Å². The molecular formula is C26H33NO3. The lowest BCUT2D eigenvalue weighted by molar-refractivity contribution is -0.121. The standard InChI is InChI=1S/C26H33NO3/c28-23(17-12-20-8-4-3-5-9-20)18-13-21-14-19-25(29)24(21)10-6-1-2-7-11-26(30)27-22-15-16-22/h1,3-6,8-9,13-14,18,22-24,28H,2,7,10-12,15-17,19H2,(H,27,30)/b6-1-,18-13+/t23-,24+/m0/s1. The molecule has 1 aromatic rings. The van der Waals surface area contributed by atoms with E-state index < -0.39 is 6.10 Å². The maximum Gasteiger partial charge on any atom is 0.220 e. The molecule has 0 bridgehead atoms. The molecule has 1 saturated carbocycles. The number of Topliss-reactive ketones (excluding diaryl/α,β-unsaturated/α-hetero) is 1. The van der Waals surface area contributed by atoms with Crippen molar-refractivity contribution < 1.29 is 14.7 Å². The van der Waals surface area contributed by atoms with Gasteiger partial charge in [0.25, 0.3) is 0 Å². The number of ketones is 1. The molecule has 4 nitrogen and oxygen atoms in total. The number of nitrogens with one attached hydrogen (secondary N) is 1. The number of aryl methyl sites for hydroxylation is 1. The second kappa shape index (κ2) is 11.7. The van der Waals surface area contributed by atoms with Crippen LogP contribution in [0.5, 0.6) is 0 Å². The van der Waals surface area contributed by atoms with E-state index in [1.807, 2.05) is 36.4 Å². The molecule has 2 aliphatic rings. The molecule has 0 heterocycles. The number of amides is 1. The number of allylic oxidation sites excluding steroid dienone is 5. The summed E-state index contributed by atoms with van der Waals surface area (Å²) < 4.78 is 0. The van der Waals surface area contributed by atoms with Crippen molar-refractivity contribution in [3.05, 3.63) is 71.8 Å². The maximum atomic E-state index is 12.2. The molecule has 0 unspecified atom stereocenters. The molecule has 2 atom stereocenters. The molecule has 1 fully saturated rings. The zero-order chi connectivity index (χ0) is 21.2. The van der Waals surface area contributed by atoms with Gasteiger partial charge in [0.1, 0.15) is 5.78 Å². The SMILES string of the molecule is O=C(CCC/C=C\C[C@H]1C(=O)CC=C1/C=C/[C@@H](O)CCc1ccccc1)NC1CC1. The van der Waals surface area contributed by atoms with Crippen LogP contribution in [0.15, 0.2) is 66.3 Å². The predicted molar refractivity (Wildman–Crippen MR) is 120 cm³/mol. The number of carbonyl (C=O) groups excluding carboxylic acids is 2. The number of rotatable bonds is 12. The Labute approximate surface area is 179 Å². The summed E-state index contributed by atoms with van der Waals surface area (Å²) in [6, 6.07) is 10.6. The first kappa shape index (κ1) is 22.2. The Morgan fingerprint density at radius 2 is 2.00 bits per heavy atom. The van der Waals surface area contributed by atoms with Crippen LogP contribution >= 0.6 is 0 Å². The quantitative estimate of drug-likeness (QED) is 0.397. The number of carbonyl (C=O) groups is 2. The van der Waals surface area contributed by atoms with Crippen molar-refractivity contribution in [1.82, 2.24) is 5.32 Å². The zero-order valence-corrected chi connectivity index (χ0v) is 17.6. The molecule has 0 aliphatic heterocycles. The van der Waals surface area contributed by atoms with E-state index in [1.165, 1.54) is 5.56 Å². The molecule has 1 amide bonds. The van der Waals surface area contributed by atoms with Crippen LogP contribution in [-0.2, 0) is 16.0 Å². The van der Waals surface area contributed by atoms with Gasteiger partial charge in [-0.2, -0.15) is 0 Å². The summed E-state index contributed by atoms with van der Waals surface area (Å²) in [6.07, 6.45) is 16.5. The largest absolute Gasteiger partial charge is 0.389 e. The van der Waals surface area contributed by atoms with Crippen LogP contribution < -0.4 is 5.32 Å². The number of hydrogen-bond acceptors (Lipinski definition) is 3. The van der Waals surface area contributed by atoms with Crippen molar-refractivity contribution in [2.24, 2.45) is 5.92 Å². The Kier molecular flexibility index (Phi) is 8.64. The van der Waals surface area contributed by atoms with Gasteiger partial charge in [-0.05, 0) is 56.1 Å². The van der Waals surface area contributed by atoms with Gasteiger partial charge in [-0.1, -0.05) is 60.7 Å². The lowest BCUT2D eigenvalue weighted by Gasteiger charge is -2.10. The van der Waals surface area contributed by atoms with E-state index in [9.17, 15) is 14.7 Å². The lowest BCUT2D eigenvalue weighted by atomic mass is 9.95. The minimum absolute atomic E-state index is 0.114. The Balaban J connectivity index is 1.36. The molecule has 0 saturated heterocycles. The van der Waals surface area contributed by atoms with E-state index in [4.69, 9.17) is 0 Å². The minimum Gasteiger partial charge on any atom is -0.389 e. The van der Waals surface area contributed by atoms with Crippen LogP contribution in [0.4, 0.5) is 0 Å². The first-order chi connectivity index (χ1) is 14.6. The molecule has 3 rings (SSSR count). The summed E-state index contributed by atoms with van der Waals surface area (Å²) in [5.41, 5.74) is 2.22. The molecule has 30 heavy (non-hydrogen) atoms. The van der Waals surface area contributed by atoms with Crippen molar-refractivity contribution in [1.29, 1.82) is 0 Å². The van der Waals surface area contributed by atoms with Crippen molar-refractivity contribution in [2.45, 2.75) is 69.9 Å². The Hall–Kier alpha value is -2.46. The Bertz CT molecular complexity index is 790. The van der Waals surface area contributed by atoms with E-state index in [0.717, 1.165) is 37.7 Å². The van der Waals surface area contributed by atoms with Crippen LogP contribution in [0.1, 0.15) is 56.9 Å². The van der Waals surface area contributed by atoms with Crippen LogP contribution in [0.25, 0.3) is 0 Å². The first-order valence-electron chi connectivity index (χ1n) is 11.2. The summed E-state index contributed by atoms with van der Waals surface area (Å²) in [5, 5.41) is 13.3. The smallest absolute Gasteiger partial charge is 0.220 e. The van der Waals surface area contributed by atoms with Gasteiger partial charge in [0.15, 0.2) is 0 Å². The monoisotopic (exact) mass is 407 g/mol. The topological polar surface area (TPSA) is 66.4 Å². The number of aliphatic hydroxyl groups excluding tert-OH is 1. The van der Waals surface area contributed by atoms with Crippen LogP contribution in [0.2, 0.25) is 0 Å². The van der Waals surface area contributed by atoms with Gasteiger partial charge in [0.2, 0.25) is 5.91 Å². The number of aliphatic hydroxyl groups is 1. The minimum atomic E-state index is -0.514. The first-order valence-corrected chi connectivity index (χ1v) is 11.2. The fourth-order valence-corrected chi connectivity index (χ4v) is 3.68. The van der Waals surface area contributed by atoms with Gasteiger partial charge < -0.3 is 10.4 Å². The van der Waals surface area contributed by atoms with Gasteiger partial charge in [-0.3, -0.25) is 9.59 Å². The summed E-state index contributed by atoms with van der Waals surface area (Å²) in [5.74, 6) is 0.275. The number of benzene rings is 1. The zero-order valence-electron chi connectivity index (χ0n) is 17.6. The van der Waals surface area contributed by atoms with Crippen molar-refractivity contribution in [3.63, 3.8) is 0 Å². The second-order valence-electron chi connectivity index (χ2n) is 8.32. The highest BCUT2D eigenvalue weighted by Gasteiger charge is 2.25. The van der Waals surface area contributed by atoms with Crippen LogP contribution in [0, 0.1) is 5.92 Å². The highest BCUT2D eigenvalue weighted by molar-refractivity contribution is 5.89. The van der Waals surface area contributed by atoms with Gasteiger partial charge in [0, 0.05) is 24.8 Å². The van der Waals surface area contributed by atoms with E-state index >= 15 is 0 Å². The summed E-state index contributed by atoms with van der Waals surface area (Å²) in [7, 11) is 0. The second-order valence-corrected chi connectivity index (χ2v) is 8.32. The van der Waals surface area contributed by atoms with Crippen LogP contribution in [-0.4, -0.2) is 28.9 Å². The third-order valence-corrected chi connectivity index (χ3v) is 5.67. The molecule has 1 aromatic carbocycles. The Morgan fingerprint density at radius 1 is 1.20 bits per heavy atom. The molecule has 160 valence electrons. The summed E-state index contributed by atoms with van der Waals surface area (Å²) in [4.78, 5) is 23.9. The molecule has 4 heteroatoms. The number of unbranched alkanes of at least 4 members (excludes halogenated alkanes) is 1. The molecule has 0 aromatic heterocycles. The van der Waals surface area contributed by atoms with Crippen molar-refractivity contribution >= 4 is 11.7 Å². The maximum absolute atomic E-state index is 12.2. The van der Waals surface area contributed by atoms with E-state index in [2.05, 4.69) is 29.6 Å². The third kappa shape index (κ3) is 7.75. The predicted octanol–water partition coefficient (Wildman–Crippen LogP) is 4.45. The summed E-state index contributed by atoms with van der Waals surface area (Å²) >= 11 is 0. The fraction of sp³-hybridized carbons (Fsp3) is 0.462. The summed E-state index contributed by atoms with van der Waals surface area (Å²) in [6.45, 7) is 0. The Morgan fingerprint density at radius 3 is 2.77 bits per heavy atom. The molecule has 0 radical (unpaired) electrons. The number of hydrogen-bond donors (Lipinski definition) is 2. The van der Waals surface area contributed by atoms with Crippen LogP contribution in [0.3, 0.4) is 0 Å². The van der Waals surface area contributed by atoms with E-state index in [1.54, 1.807) is 0 Å². The normalized spacial score (nSPS) is 20.1. The van der Waals surface area contributed by atoms with Crippen molar-refractivity contribution in [3.8, 4) is 0 Å². The lowest BCUT2D eigenvalue weighted by Crippen LogP contribution is -2.24. The van der Waals surface area contributed by atoms with Gasteiger partial charge >= 0.3 is 0 Å². The highest BCUT2D eigenvalue weighted by Crippen LogP contribution is 2.27. The fourth-order valence-electron chi connectivity index (χ4n) is 3.68. The highest BCUT2D eigenvalue weighted by atomic mass is 16.3.